The molecule has 0 fully saturated rings. The normalized spacial score (nSPS) is 10.8. The predicted octanol–water partition coefficient (Wildman–Crippen LogP) is 4.49. The number of thiazole rings is 2. The highest BCUT2D eigenvalue weighted by atomic mass is 32.1. The third-order valence-electron chi connectivity index (χ3n) is 3.58. The Morgan fingerprint density at radius 2 is 1.83 bits per heavy atom. The van der Waals surface area contributed by atoms with E-state index in [9.17, 15) is 4.79 Å². The highest BCUT2D eigenvalue weighted by molar-refractivity contribution is 7.10. The maximum atomic E-state index is 12.5. The minimum absolute atomic E-state index is 0.0509. The summed E-state index contributed by atoms with van der Waals surface area (Å²) >= 11 is 3.13. The van der Waals surface area contributed by atoms with Crippen LogP contribution in [0.1, 0.15) is 33.8 Å². The van der Waals surface area contributed by atoms with E-state index in [4.69, 9.17) is 0 Å². The number of carbonyl (C=O) groups excluding carboxylic acids is 1. The number of carbonyl (C=O) groups is 1. The summed E-state index contributed by atoms with van der Waals surface area (Å²) in [7, 11) is 1.80. The van der Waals surface area contributed by atoms with Crippen LogP contribution >= 0.6 is 22.7 Å². The molecular weight excluding hydrogens is 338 g/mol. The average molecular weight is 358 g/mol. The summed E-state index contributed by atoms with van der Waals surface area (Å²) in [5.41, 5.74) is 2.58. The summed E-state index contributed by atoms with van der Waals surface area (Å²) in [6.45, 7) is 2.61. The Morgan fingerprint density at radius 1 is 1.08 bits per heavy atom. The van der Waals surface area contributed by atoms with Gasteiger partial charge in [-0.1, -0.05) is 37.3 Å². The van der Waals surface area contributed by atoms with E-state index in [1.807, 2.05) is 41.1 Å². The standard InChI is InChI=1S/C18H19N3OS2/c1-3-7-16-20-15(12-23-16)18(22)21(2)10-17-19-14(11-24-17)13-8-5-4-6-9-13/h4-6,8-9,11-12H,3,7,10H2,1-2H3. The molecule has 0 saturated heterocycles. The number of amides is 1. The molecule has 0 saturated carbocycles. The van der Waals surface area contributed by atoms with Crippen molar-refractivity contribution in [1.82, 2.24) is 14.9 Å². The zero-order chi connectivity index (χ0) is 16.9. The van der Waals surface area contributed by atoms with Gasteiger partial charge in [-0.2, -0.15) is 0 Å². The second-order valence-corrected chi connectivity index (χ2v) is 7.42. The van der Waals surface area contributed by atoms with Gasteiger partial charge < -0.3 is 4.90 Å². The van der Waals surface area contributed by atoms with Crippen LogP contribution < -0.4 is 0 Å². The molecule has 0 bridgehead atoms. The summed E-state index contributed by atoms with van der Waals surface area (Å²) in [5, 5.41) is 5.83. The SMILES string of the molecule is CCCc1nc(C(=O)N(C)Cc2nc(-c3ccccc3)cs2)cs1. The molecule has 0 aliphatic heterocycles. The quantitative estimate of drug-likeness (QED) is 0.653. The first-order valence-electron chi connectivity index (χ1n) is 7.87. The van der Waals surface area contributed by atoms with Crippen molar-refractivity contribution < 1.29 is 4.79 Å². The van der Waals surface area contributed by atoms with Gasteiger partial charge in [-0.3, -0.25) is 4.79 Å². The molecule has 3 aromatic rings. The fourth-order valence-corrected chi connectivity index (χ4v) is 4.06. The molecular formula is C18H19N3OS2. The van der Waals surface area contributed by atoms with Crippen LogP contribution in [0.15, 0.2) is 41.1 Å². The van der Waals surface area contributed by atoms with Crippen molar-refractivity contribution in [3.05, 3.63) is 56.8 Å². The molecule has 6 heteroatoms. The van der Waals surface area contributed by atoms with Crippen molar-refractivity contribution >= 4 is 28.6 Å². The Morgan fingerprint density at radius 3 is 2.58 bits per heavy atom. The van der Waals surface area contributed by atoms with Gasteiger partial charge in [-0.25, -0.2) is 9.97 Å². The van der Waals surface area contributed by atoms with E-state index in [0.717, 1.165) is 34.1 Å². The fourth-order valence-electron chi connectivity index (χ4n) is 2.33. The molecule has 124 valence electrons. The van der Waals surface area contributed by atoms with E-state index in [1.165, 1.54) is 0 Å². The average Bonchev–Trinajstić information content (AvgIpc) is 3.25. The molecule has 0 spiro atoms. The van der Waals surface area contributed by atoms with E-state index in [1.54, 1.807) is 34.6 Å². The van der Waals surface area contributed by atoms with E-state index < -0.39 is 0 Å². The van der Waals surface area contributed by atoms with E-state index in [-0.39, 0.29) is 5.91 Å². The lowest BCUT2D eigenvalue weighted by Gasteiger charge is -2.13. The molecule has 1 amide bonds. The zero-order valence-corrected chi connectivity index (χ0v) is 15.4. The van der Waals surface area contributed by atoms with E-state index in [2.05, 4.69) is 16.9 Å². The number of aromatic nitrogens is 2. The minimum atomic E-state index is -0.0509. The first-order chi connectivity index (χ1) is 11.7. The predicted molar refractivity (Wildman–Crippen MR) is 99.5 cm³/mol. The molecule has 24 heavy (non-hydrogen) atoms. The Bertz CT molecular complexity index is 811. The van der Waals surface area contributed by atoms with Crippen molar-refractivity contribution in [3.8, 4) is 11.3 Å². The van der Waals surface area contributed by atoms with Gasteiger partial charge in [0, 0.05) is 23.4 Å². The smallest absolute Gasteiger partial charge is 0.273 e. The molecule has 2 aromatic heterocycles. The molecule has 0 aliphatic rings. The number of aryl methyl sites for hydroxylation is 1. The van der Waals surface area contributed by atoms with Crippen molar-refractivity contribution in [2.75, 3.05) is 7.05 Å². The zero-order valence-electron chi connectivity index (χ0n) is 13.7. The molecule has 0 radical (unpaired) electrons. The van der Waals surface area contributed by atoms with Crippen LogP contribution in [0.5, 0.6) is 0 Å². The molecule has 3 rings (SSSR count). The molecule has 1 aromatic carbocycles. The van der Waals surface area contributed by atoms with Gasteiger partial charge >= 0.3 is 0 Å². The summed E-state index contributed by atoms with van der Waals surface area (Å²) < 4.78 is 0. The first-order valence-corrected chi connectivity index (χ1v) is 9.63. The lowest BCUT2D eigenvalue weighted by Crippen LogP contribution is -2.26. The number of hydrogen-bond donors (Lipinski definition) is 0. The van der Waals surface area contributed by atoms with Gasteiger partial charge in [-0.05, 0) is 12.8 Å². The summed E-state index contributed by atoms with van der Waals surface area (Å²) in [5.74, 6) is -0.0509. The van der Waals surface area contributed by atoms with Crippen LogP contribution in [0.25, 0.3) is 11.3 Å². The van der Waals surface area contributed by atoms with Crippen LogP contribution in [-0.2, 0) is 13.0 Å². The van der Waals surface area contributed by atoms with Crippen LogP contribution in [0.3, 0.4) is 0 Å². The summed E-state index contributed by atoms with van der Waals surface area (Å²) in [4.78, 5) is 23.2. The number of hydrogen-bond acceptors (Lipinski definition) is 5. The van der Waals surface area contributed by atoms with Gasteiger partial charge in [0.15, 0.2) is 0 Å². The van der Waals surface area contributed by atoms with Gasteiger partial charge in [0.25, 0.3) is 5.91 Å². The lowest BCUT2D eigenvalue weighted by molar-refractivity contribution is 0.0780. The number of nitrogens with zero attached hydrogens (tertiary/aromatic N) is 3. The van der Waals surface area contributed by atoms with Crippen molar-refractivity contribution in [2.45, 2.75) is 26.3 Å². The number of rotatable bonds is 6. The topological polar surface area (TPSA) is 46.1 Å². The Hall–Kier alpha value is -2.05. The Kier molecular flexibility index (Phi) is 5.37. The third kappa shape index (κ3) is 3.88. The second kappa shape index (κ2) is 7.68. The molecule has 0 unspecified atom stereocenters. The molecule has 4 nitrogen and oxygen atoms in total. The van der Waals surface area contributed by atoms with Crippen LogP contribution in [0, 0.1) is 0 Å². The lowest BCUT2D eigenvalue weighted by atomic mass is 10.2. The molecule has 2 heterocycles. The first kappa shape index (κ1) is 16.8. The van der Waals surface area contributed by atoms with Crippen molar-refractivity contribution in [2.24, 2.45) is 0 Å². The maximum Gasteiger partial charge on any atom is 0.273 e. The van der Waals surface area contributed by atoms with E-state index in [0.29, 0.717) is 12.2 Å². The van der Waals surface area contributed by atoms with Gasteiger partial charge in [0.2, 0.25) is 0 Å². The van der Waals surface area contributed by atoms with Crippen molar-refractivity contribution in [1.29, 1.82) is 0 Å². The fraction of sp³-hybridized carbons (Fsp3) is 0.278. The third-order valence-corrected chi connectivity index (χ3v) is 5.32. The molecule has 0 aliphatic carbocycles. The van der Waals surface area contributed by atoms with Gasteiger partial charge in [0.05, 0.1) is 17.2 Å². The monoisotopic (exact) mass is 357 g/mol. The Balaban J connectivity index is 1.67. The van der Waals surface area contributed by atoms with Crippen LogP contribution in [0.4, 0.5) is 0 Å². The maximum absolute atomic E-state index is 12.5. The number of benzene rings is 1. The minimum Gasteiger partial charge on any atom is -0.334 e. The molecule has 0 atom stereocenters. The van der Waals surface area contributed by atoms with Crippen LogP contribution in [-0.4, -0.2) is 27.8 Å². The summed E-state index contributed by atoms with van der Waals surface area (Å²) in [6.07, 6.45) is 1.97. The summed E-state index contributed by atoms with van der Waals surface area (Å²) in [6, 6.07) is 10.1. The highest BCUT2D eigenvalue weighted by Crippen LogP contribution is 2.22. The van der Waals surface area contributed by atoms with Crippen LogP contribution in [0.2, 0.25) is 0 Å². The van der Waals surface area contributed by atoms with E-state index >= 15 is 0 Å². The molecule has 0 N–H and O–H groups in total. The van der Waals surface area contributed by atoms with Gasteiger partial charge in [-0.15, -0.1) is 22.7 Å². The largest absolute Gasteiger partial charge is 0.334 e. The van der Waals surface area contributed by atoms with Crippen molar-refractivity contribution in [3.63, 3.8) is 0 Å². The second-order valence-electron chi connectivity index (χ2n) is 5.53. The van der Waals surface area contributed by atoms with Gasteiger partial charge in [0.1, 0.15) is 10.7 Å². The highest BCUT2D eigenvalue weighted by Gasteiger charge is 2.17. The Labute approximate surface area is 149 Å².